The smallest absolute Gasteiger partial charge is 0.250 e. The quantitative estimate of drug-likeness (QED) is 0.904. The number of aromatic amines is 1. The van der Waals surface area contributed by atoms with Gasteiger partial charge in [-0.3, -0.25) is 9.69 Å². The molecule has 0 saturated carbocycles. The van der Waals surface area contributed by atoms with Crippen molar-refractivity contribution < 1.29 is 9.59 Å². The van der Waals surface area contributed by atoms with Crippen LogP contribution in [0.2, 0.25) is 0 Å². The summed E-state index contributed by atoms with van der Waals surface area (Å²) >= 11 is 0. The Morgan fingerprint density at radius 2 is 2.22 bits per heavy atom. The summed E-state index contributed by atoms with van der Waals surface area (Å²) in [7, 11) is 0. The van der Waals surface area contributed by atoms with Gasteiger partial charge < -0.3 is 15.5 Å². The van der Waals surface area contributed by atoms with Crippen molar-refractivity contribution in [3.8, 4) is 0 Å². The molecule has 0 spiro atoms. The summed E-state index contributed by atoms with van der Waals surface area (Å²) in [5.74, 6) is 0.512. The minimum Gasteiger partial charge on any atom is -0.366 e. The van der Waals surface area contributed by atoms with Gasteiger partial charge in [0.15, 0.2) is 0 Å². The van der Waals surface area contributed by atoms with Crippen LogP contribution >= 0.6 is 0 Å². The number of H-pyrrole nitrogens is 1. The number of rotatable bonds is 4. The van der Waals surface area contributed by atoms with Gasteiger partial charge in [-0.2, -0.15) is 0 Å². The Balaban J connectivity index is 0.000000924. The van der Waals surface area contributed by atoms with Crippen LogP contribution in [0.15, 0.2) is 18.2 Å². The molecule has 1 saturated heterocycles. The number of benzene rings is 1. The molecule has 0 aliphatic carbocycles. The number of nitrogens with one attached hydrogen (secondary N) is 1. The van der Waals surface area contributed by atoms with Crippen LogP contribution in [-0.2, 0) is 10.3 Å². The van der Waals surface area contributed by atoms with Crippen molar-refractivity contribution in [1.82, 2.24) is 14.9 Å². The molecule has 1 aromatic heterocycles. The largest absolute Gasteiger partial charge is 0.366 e. The minimum atomic E-state index is -0.430. The highest BCUT2D eigenvalue weighted by Crippen LogP contribution is 2.38. The van der Waals surface area contributed by atoms with E-state index >= 15 is 0 Å². The number of hydrogen-bond donors (Lipinski definition) is 2. The maximum atomic E-state index is 11.6. The van der Waals surface area contributed by atoms with Crippen molar-refractivity contribution in [2.75, 3.05) is 13.1 Å². The molecule has 6 nitrogen and oxygen atoms in total. The van der Waals surface area contributed by atoms with E-state index in [9.17, 15) is 4.79 Å². The first-order chi connectivity index (χ1) is 11.1. The number of aromatic nitrogens is 2. The third-order valence-corrected chi connectivity index (χ3v) is 4.57. The van der Waals surface area contributed by atoms with Gasteiger partial charge in [-0.15, -0.1) is 0 Å². The molecular weight excluding hydrogens is 292 g/mol. The number of likely N-dealkylation sites (tertiary alicyclic amines) is 1. The van der Waals surface area contributed by atoms with E-state index in [4.69, 9.17) is 15.5 Å². The molecule has 1 aliphatic rings. The predicted molar refractivity (Wildman–Crippen MR) is 90.2 cm³/mol. The summed E-state index contributed by atoms with van der Waals surface area (Å²) in [4.78, 5) is 30.2. The summed E-state index contributed by atoms with van der Waals surface area (Å²) in [6, 6.07) is 5.52. The SMILES string of the molecule is C=O.CCCN1CCCC1(C)c1nc2c(C(N)=O)cccc2[nH]1. The zero-order valence-corrected chi connectivity index (χ0v) is 13.8. The molecule has 6 heteroatoms. The van der Waals surface area contributed by atoms with Crippen molar-refractivity contribution in [2.24, 2.45) is 5.73 Å². The van der Waals surface area contributed by atoms with E-state index in [1.54, 1.807) is 6.07 Å². The second kappa shape index (κ2) is 6.91. The van der Waals surface area contributed by atoms with E-state index in [2.05, 4.69) is 23.7 Å². The first kappa shape index (κ1) is 17.1. The Morgan fingerprint density at radius 3 is 2.87 bits per heavy atom. The van der Waals surface area contributed by atoms with Gasteiger partial charge in [0.25, 0.3) is 5.91 Å². The van der Waals surface area contributed by atoms with Crippen molar-refractivity contribution in [3.63, 3.8) is 0 Å². The number of fused-ring (bicyclic) bond motifs is 1. The molecule has 3 N–H and O–H groups in total. The lowest BCUT2D eigenvalue weighted by Gasteiger charge is -2.33. The summed E-state index contributed by atoms with van der Waals surface area (Å²) < 4.78 is 0. The van der Waals surface area contributed by atoms with Crippen LogP contribution in [-0.4, -0.2) is 40.7 Å². The van der Waals surface area contributed by atoms with Gasteiger partial charge in [0.1, 0.15) is 18.1 Å². The molecule has 1 aliphatic heterocycles. The highest BCUT2D eigenvalue weighted by molar-refractivity contribution is 6.04. The molecule has 2 aromatic rings. The van der Waals surface area contributed by atoms with Crippen molar-refractivity contribution in [3.05, 3.63) is 29.6 Å². The number of para-hydroxylation sites is 1. The van der Waals surface area contributed by atoms with E-state index in [1.807, 2.05) is 18.9 Å². The van der Waals surface area contributed by atoms with Gasteiger partial charge in [-0.1, -0.05) is 13.0 Å². The Hall–Kier alpha value is -2.21. The van der Waals surface area contributed by atoms with Crippen molar-refractivity contribution in [1.29, 1.82) is 0 Å². The molecule has 0 radical (unpaired) electrons. The average Bonchev–Trinajstić information content (AvgIpc) is 3.14. The molecule has 1 fully saturated rings. The van der Waals surface area contributed by atoms with Gasteiger partial charge in [-0.25, -0.2) is 4.98 Å². The zero-order valence-electron chi connectivity index (χ0n) is 13.8. The van der Waals surface area contributed by atoms with Gasteiger partial charge in [0.05, 0.1) is 16.6 Å². The number of carbonyl (C=O) groups excluding carboxylic acids is 2. The second-order valence-electron chi connectivity index (χ2n) is 6.02. The number of amides is 1. The van der Waals surface area contributed by atoms with Crippen LogP contribution in [0.4, 0.5) is 0 Å². The molecule has 1 amide bonds. The van der Waals surface area contributed by atoms with Crippen molar-refractivity contribution in [2.45, 2.75) is 38.6 Å². The first-order valence-electron chi connectivity index (χ1n) is 7.89. The summed E-state index contributed by atoms with van der Waals surface area (Å²) in [6.07, 6.45) is 3.39. The Morgan fingerprint density at radius 1 is 1.48 bits per heavy atom. The van der Waals surface area contributed by atoms with Gasteiger partial charge in [0, 0.05) is 0 Å². The van der Waals surface area contributed by atoms with E-state index < -0.39 is 5.91 Å². The lowest BCUT2D eigenvalue weighted by atomic mass is 9.98. The molecule has 1 aromatic carbocycles. The van der Waals surface area contributed by atoms with Crippen molar-refractivity contribution >= 4 is 23.7 Å². The fourth-order valence-electron chi connectivity index (χ4n) is 3.40. The Labute approximate surface area is 136 Å². The molecular formula is C17H24N4O2. The fourth-order valence-corrected chi connectivity index (χ4v) is 3.40. The second-order valence-corrected chi connectivity index (χ2v) is 6.02. The number of nitrogens with zero attached hydrogens (tertiary/aromatic N) is 2. The first-order valence-corrected chi connectivity index (χ1v) is 7.89. The molecule has 124 valence electrons. The highest BCUT2D eigenvalue weighted by Gasteiger charge is 2.40. The Kier molecular flexibility index (Phi) is 5.15. The van der Waals surface area contributed by atoms with Crippen LogP contribution in [0, 0.1) is 0 Å². The van der Waals surface area contributed by atoms with E-state index in [1.165, 1.54) is 6.42 Å². The zero-order chi connectivity index (χ0) is 17.0. The van der Waals surface area contributed by atoms with Crippen LogP contribution in [0.5, 0.6) is 0 Å². The molecule has 23 heavy (non-hydrogen) atoms. The van der Waals surface area contributed by atoms with Crippen LogP contribution in [0.1, 0.15) is 49.3 Å². The summed E-state index contributed by atoms with van der Waals surface area (Å²) in [5, 5.41) is 0. The molecule has 0 bridgehead atoms. The highest BCUT2D eigenvalue weighted by atomic mass is 16.1. The molecule has 1 atom stereocenters. The normalized spacial score (nSPS) is 21.1. The van der Waals surface area contributed by atoms with Gasteiger partial charge in [-0.05, 0) is 51.4 Å². The number of imidazole rings is 1. The number of hydrogen-bond acceptors (Lipinski definition) is 4. The standard InChI is InChI=1S/C16H22N4O.CH2O/c1-3-9-20-10-5-8-16(20,2)15-18-12-7-4-6-11(14(17)21)13(12)19-15;1-2/h4,6-7H,3,5,8-10H2,1-2H3,(H2,17,21)(H,18,19);1H2. The number of primary amides is 1. The lowest BCUT2D eigenvalue weighted by molar-refractivity contribution is -0.0980. The van der Waals surface area contributed by atoms with E-state index in [0.29, 0.717) is 11.1 Å². The third-order valence-electron chi connectivity index (χ3n) is 4.57. The molecule has 1 unspecified atom stereocenters. The topological polar surface area (TPSA) is 92.1 Å². The fraction of sp³-hybridized carbons (Fsp3) is 0.471. The number of nitrogens with two attached hydrogens (primary N) is 1. The molecule has 2 heterocycles. The maximum Gasteiger partial charge on any atom is 0.250 e. The van der Waals surface area contributed by atoms with Gasteiger partial charge in [0.2, 0.25) is 0 Å². The summed E-state index contributed by atoms with van der Waals surface area (Å²) in [6.45, 7) is 8.60. The summed E-state index contributed by atoms with van der Waals surface area (Å²) in [5.41, 5.74) is 7.42. The lowest BCUT2D eigenvalue weighted by Crippen LogP contribution is -2.39. The van der Waals surface area contributed by atoms with Crippen LogP contribution < -0.4 is 5.73 Å². The van der Waals surface area contributed by atoms with Gasteiger partial charge >= 0.3 is 0 Å². The van der Waals surface area contributed by atoms with E-state index in [-0.39, 0.29) is 5.54 Å². The molecule has 3 rings (SSSR count). The third kappa shape index (κ3) is 2.99. The predicted octanol–water partition coefficient (Wildman–Crippen LogP) is 2.20. The van der Waals surface area contributed by atoms with Crippen LogP contribution in [0.25, 0.3) is 11.0 Å². The number of carbonyl (C=O) groups is 2. The van der Waals surface area contributed by atoms with E-state index in [0.717, 1.165) is 37.3 Å². The maximum absolute atomic E-state index is 11.6. The monoisotopic (exact) mass is 316 g/mol. The Bertz CT molecular complexity index is 697. The van der Waals surface area contributed by atoms with Crippen LogP contribution in [0.3, 0.4) is 0 Å². The minimum absolute atomic E-state index is 0.0794. The average molecular weight is 316 g/mol.